The summed E-state index contributed by atoms with van der Waals surface area (Å²) in [5.74, 6) is -1.07. The number of benzene rings is 2. The summed E-state index contributed by atoms with van der Waals surface area (Å²) in [6, 6.07) is 14.1. The third-order valence-electron chi connectivity index (χ3n) is 4.98. The average molecular weight is 421 g/mol. The Balaban J connectivity index is 1.69. The first-order valence-electron chi connectivity index (χ1n) is 10.1. The number of carbonyl (C=O) groups excluding carboxylic acids is 1. The Morgan fingerprint density at radius 2 is 1.97 bits per heavy atom. The Morgan fingerprint density at radius 1 is 1.19 bits per heavy atom. The number of hydrogen-bond donors (Lipinski definition) is 3. The van der Waals surface area contributed by atoms with Gasteiger partial charge in [0.2, 0.25) is 0 Å². The molecule has 2 aromatic carbocycles. The quantitative estimate of drug-likeness (QED) is 0.426. The minimum Gasteiger partial charge on any atom is -0.398 e. The van der Waals surface area contributed by atoms with E-state index in [-0.39, 0.29) is 29.0 Å². The molecule has 1 atom stereocenters. The summed E-state index contributed by atoms with van der Waals surface area (Å²) in [6.45, 7) is 0.436. The molecule has 1 aliphatic rings. The van der Waals surface area contributed by atoms with Crippen LogP contribution in [-0.2, 0) is 6.42 Å². The number of nitrogens with one attached hydrogen (secondary N) is 2. The molecule has 0 bridgehead atoms. The first-order valence-corrected chi connectivity index (χ1v) is 10.1. The smallest absolute Gasteiger partial charge is 0.252 e. The monoisotopic (exact) mass is 421 g/mol. The molecule has 0 fully saturated rings. The highest BCUT2D eigenvalue weighted by atomic mass is 19.1. The van der Waals surface area contributed by atoms with Gasteiger partial charge in [-0.1, -0.05) is 48.6 Å². The van der Waals surface area contributed by atoms with Crippen LogP contribution < -0.4 is 11.1 Å². The predicted molar refractivity (Wildman–Crippen MR) is 120 cm³/mol. The number of rotatable bonds is 8. The predicted octanol–water partition coefficient (Wildman–Crippen LogP) is 4.73. The van der Waals surface area contributed by atoms with Crippen LogP contribution in [0.2, 0.25) is 0 Å². The highest BCUT2D eigenvalue weighted by Gasteiger charge is 2.18. The molecule has 160 valence electrons. The maximum absolute atomic E-state index is 14.6. The molecule has 4 N–H and O–H groups in total. The van der Waals surface area contributed by atoms with Crippen molar-refractivity contribution < 1.29 is 13.6 Å². The zero-order valence-corrected chi connectivity index (χ0v) is 17.1. The van der Waals surface area contributed by atoms with Crippen LogP contribution in [0.25, 0.3) is 5.70 Å². The van der Waals surface area contributed by atoms with Gasteiger partial charge in [-0.15, -0.1) is 0 Å². The fourth-order valence-electron chi connectivity index (χ4n) is 3.35. The number of amides is 1. The lowest BCUT2D eigenvalue weighted by atomic mass is 9.98. The molecule has 3 rings (SSSR count). The Hall–Kier alpha value is -3.54. The Morgan fingerprint density at radius 3 is 2.68 bits per heavy atom. The minimum absolute atomic E-state index is 0.0260. The summed E-state index contributed by atoms with van der Waals surface area (Å²) in [4.78, 5) is 12.7. The fourth-order valence-corrected chi connectivity index (χ4v) is 3.35. The molecule has 4 nitrogen and oxygen atoms in total. The normalized spacial score (nSPS) is 16.0. The van der Waals surface area contributed by atoms with Gasteiger partial charge in [0.1, 0.15) is 12.0 Å². The molecule has 0 saturated heterocycles. The molecule has 1 aliphatic carbocycles. The van der Waals surface area contributed by atoms with Crippen molar-refractivity contribution in [3.05, 3.63) is 101 Å². The van der Waals surface area contributed by atoms with Crippen molar-refractivity contribution in [2.75, 3.05) is 6.54 Å². The van der Waals surface area contributed by atoms with Gasteiger partial charge in [0.15, 0.2) is 0 Å². The maximum Gasteiger partial charge on any atom is 0.252 e. The third-order valence-corrected chi connectivity index (χ3v) is 4.98. The average Bonchev–Trinajstić information content (AvgIpc) is 2.77. The van der Waals surface area contributed by atoms with Gasteiger partial charge in [0, 0.05) is 24.2 Å². The lowest BCUT2D eigenvalue weighted by Gasteiger charge is -2.13. The van der Waals surface area contributed by atoms with Crippen LogP contribution in [0.4, 0.5) is 8.78 Å². The van der Waals surface area contributed by atoms with Crippen molar-refractivity contribution in [1.29, 1.82) is 5.41 Å². The first-order chi connectivity index (χ1) is 15.0. The molecule has 0 aromatic heterocycles. The van der Waals surface area contributed by atoms with E-state index in [4.69, 9.17) is 11.1 Å². The van der Waals surface area contributed by atoms with Gasteiger partial charge in [-0.2, -0.15) is 0 Å². The summed E-state index contributed by atoms with van der Waals surface area (Å²) in [6.07, 6.45) is 6.43. The van der Waals surface area contributed by atoms with Gasteiger partial charge in [-0.25, -0.2) is 8.78 Å². The number of aryl methyl sites for hydroxylation is 1. The van der Waals surface area contributed by atoms with Crippen molar-refractivity contribution in [2.45, 2.75) is 25.4 Å². The molecular formula is C25H25F2N3O. The molecule has 1 unspecified atom stereocenters. The van der Waals surface area contributed by atoms with E-state index in [1.165, 1.54) is 42.0 Å². The summed E-state index contributed by atoms with van der Waals surface area (Å²) in [5, 5.41) is 11.0. The highest BCUT2D eigenvalue weighted by Crippen LogP contribution is 2.21. The minimum atomic E-state index is -1.07. The van der Waals surface area contributed by atoms with Crippen LogP contribution in [0.15, 0.2) is 78.4 Å². The van der Waals surface area contributed by atoms with Crippen molar-refractivity contribution in [1.82, 2.24) is 5.32 Å². The van der Waals surface area contributed by atoms with E-state index >= 15 is 0 Å². The standard InChI is InChI=1S/C25H25F2N3O/c26-19-13-11-18(12-14-19)22(28)16-23(29)24-20(9-4-10-21(24)27)25(31)30-15-5-8-17-6-2-1-3-7-17/h1-4,6-7,9-13,16,19,28H,5,8,14-15,29H2,(H,30,31). The van der Waals surface area contributed by atoms with Gasteiger partial charge < -0.3 is 16.5 Å². The number of halogens is 2. The number of nitrogens with two attached hydrogens (primary N) is 1. The SMILES string of the molecule is N=C(C=C(N)c1c(F)cccc1C(=O)NCCCc1ccccc1)C1=CCC(F)C=C1. The number of allylic oxidation sites excluding steroid dienone is 5. The summed E-state index contributed by atoms with van der Waals surface area (Å²) in [7, 11) is 0. The lowest BCUT2D eigenvalue weighted by molar-refractivity contribution is 0.0952. The zero-order chi connectivity index (χ0) is 22.2. The van der Waals surface area contributed by atoms with Crippen LogP contribution in [0.1, 0.15) is 34.3 Å². The van der Waals surface area contributed by atoms with Crippen molar-refractivity contribution in [3.8, 4) is 0 Å². The molecule has 0 spiro atoms. The molecule has 0 radical (unpaired) electrons. The van der Waals surface area contributed by atoms with Crippen LogP contribution in [-0.4, -0.2) is 24.3 Å². The van der Waals surface area contributed by atoms with E-state index < -0.39 is 17.9 Å². The van der Waals surface area contributed by atoms with Crippen molar-refractivity contribution in [3.63, 3.8) is 0 Å². The van der Waals surface area contributed by atoms with Gasteiger partial charge in [0.25, 0.3) is 5.91 Å². The van der Waals surface area contributed by atoms with Crippen LogP contribution >= 0.6 is 0 Å². The summed E-state index contributed by atoms with van der Waals surface area (Å²) < 4.78 is 27.8. The lowest BCUT2D eigenvalue weighted by Crippen LogP contribution is -2.26. The third kappa shape index (κ3) is 5.98. The molecule has 0 saturated carbocycles. The number of alkyl halides is 1. The van der Waals surface area contributed by atoms with Gasteiger partial charge >= 0.3 is 0 Å². The van der Waals surface area contributed by atoms with Crippen molar-refractivity contribution >= 4 is 17.3 Å². The summed E-state index contributed by atoms with van der Waals surface area (Å²) >= 11 is 0. The van der Waals surface area contributed by atoms with Gasteiger partial charge in [-0.3, -0.25) is 4.79 Å². The first kappa shape index (κ1) is 22.2. The van der Waals surface area contributed by atoms with E-state index in [1.807, 2.05) is 30.3 Å². The van der Waals surface area contributed by atoms with Gasteiger partial charge in [-0.05, 0) is 48.3 Å². The van der Waals surface area contributed by atoms with Crippen molar-refractivity contribution in [2.24, 2.45) is 5.73 Å². The van der Waals surface area contributed by atoms with E-state index in [0.717, 1.165) is 12.8 Å². The fraction of sp³-hybridized carbons (Fsp3) is 0.200. The van der Waals surface area contributed by atoms with Crippen LogP contribution in [0.3, 0.4) is 0 Å². The number of carbonyl (C=O) groups is 1. The Kier molecular flexibility index (Phi) is 7.49. The maximum atomic E-state index is 14.6. The van der Waals surface area contributed by atoms with Gasteiger partial charge in [0.05, 0.1) is 11.3 Å². The summed E-state index contributed by atoms with van der Waals surface area (Å²) in [5.41, 5.74) is 7.81. The molecule has 0 heterocycles. The van der Waals surface area contributed by atoms with Crippen LogP contribution in [0.5, 0.6) is 0 Å². The largest absolute Gasteiger partial charge is 0.398 e. The molecular weight excluding hydrogens is 396 g/mol. The second-order valence-electron chi connectivity index (χ2n) is 7.29. The van der Waals surface area contributed by atoms with E-state index in [9.17, 15) is 13.6 Å². The highest BCUT2D eigenvalue weighted by molar-refractivity contribution is 6.12. The topological polar surface area (TPSA) is 79.0 Å². The molecule has 0 aliphatic heterocycles. The number of hydrogen-bond acceptors (Lipinski definition) is 3. The Labute approximate surface area is 180 Å². The molecule has 1 amide bonds. The van der Waals surface area contributed by atoms with E-state index in [1.54, 1.807) is 6.08 Å². The van der Waals surface area contributed by atoms with E-state index in [0.29, 0.717) is 12.1 Å². The second kappa shape index (κ2) is 10.5. The molecule has 6 heteroatoms. The molecule has 2 aromatic rings. The second-order valence-corrected chi connectivity index (χ2v) is 7.29. The molecule has 31 heavy (non-hydrogen) atoms. The Bertz CT molecular complexity index is 1040. The van der Waals surface area contributed by atoms with E-state index in [2.05, 4.69) is 5.32 Å². The zero-order valence-electron chi connectivity index (χ0n) is 17.1. The van der Waals surface area contributed by atoms with Crippen LogP contribution in [0, 0.1) is 11.2 Å².